The van der Waals surface area contributed by atoms with Crippen LogP contribution >= 0.6 is 0 Å². The zero-order valence-corrected chi connectivity index (χ0v) is 18.2. The van der Waals surface area contributed by atoms with Crippen LogP contribution in [-0.2, 0) is 20.8 Å². The average Bonchev–Trinajstić information content (AvgIpc) is 3.43. The Balaban J connectivity index is 1.28. The summed E-state index contributed by atoms with van der Waals surface area (Å²) in [4.78, 5) is 0. The van der Waals surface area contributed by atoms with E-state index < -0.39 is 0 Å². The fourth-order valence-electron chi connectivity index (χ4n) is 4.30. The van der Waals surface area contributed by atoms with Crippen molar-refractivity contribution in [2.75, 3.05) is 19.8 Å². The van der Waals surface area contributed by atoms with Crippen molar-refractivity contribution >= 4 is 23.1 Å². The summed E-state index contributed by atoms with van der Waals surface area (Å²) >= 11 is 0. The Hall–Kier alpha value is -2.68. The highest BCUT2D eigenvalue weighted by Gasteiger charge is 2.20. The number of rotatable bonds is 7. The van der Waals surface area contributed by atoms with Crippen molar-refractivity contribution in [3.8, 4) is 5.75 Å². The number of phenolic OH excluding ortho intramolecular Hbond substituents is 1. The van der Waals surface area contributed by atoms with E-state index in [2.05, 4.69) is 5.10 Å². The first-order valence-corrected chi connectivity index (χ1v) is 11.5. The van der Waals surface area contributed by atoms with E-state index in [1.165, 1.54) is 0 Å². The van der Waals surface area contributed by atoms with Crippen molar-refractivity contribution in [1.82, 2.24) is 19.6 Å². The zero-order chi connectivity index (χ0) is 21.8. The lowest BCUT2D eigenvalue weighted by atomic mass is 10.1. The largest absolute Gasteiger partial charge is 0.508 e. The van der Waals surface area contributed by atoms with E-state index in [4.69, 9.17) is 19.3 Å². The van der Waals surface area contributed by atoms with E-state index in [0.29, 0.717) is 13.2 Å². The van der Waals surface area contributed by atoms with Gasteiger partial charge in [0.2, 0.25) is 0 Å². The smallest absolute Gasteiger partial charge is 0.157 e. The summed E-state index contributed by atoms with van der Waals surface area (Å²) in [6.07, 6.45) is 14.1. The zero-order valence-electron chi connectivity index (χ0n) is 18.2. The van der Waals surface area contributed by atoms with E-state index in [1.54, 1.807) is 12.1 Å². The predicted octanol–water partition coefficient (Wildman–Crippen LogP) is 4.35. The summed E-state index contributed by atoms with van der Waals surface area (Å²) in [6.45, 7) is 2.80. The molecule has 2 aromatic heterocycles. The fourth-order valence-corrected chi connectivity index (χ4v) is 4.30. The van der Waals surface area contributed by atoms with Crippen LogP contribution < -0.4 is 0 Å². The van der Waals surface area contributed by atoms with Crippen LogP contribution in [0.4, 0.5) is 0 Å². The van der Waals surface area contributed by atoms with Gasteiger partial charge in [0.15, 0.2) is 12.5 Å². The molecule has 2 unspecified atom stereocenters. The normalized spacial score (nSPS) is 22.1. The molecule has 8 nitrogen and oxygen atoms in total. The van der Waals surface area contributed by atoms with Crippen LogP contribution in [0.25, 0.3) is 23.1 Å². The number of phenols is 1. The third-order valence-corrected chi connectivity index (χ3v) is 6.00. The molecule has 3 aromatic rings. The quantitative estimate of drug-likeness (QED) is 0.590. The van der Waals surface area contributed by atoms with Gasteiger partial charge in [-0.25, -0.2) is 4.68 Å². The van der Waals surface area contributed by atoms with Gasteiger partial charge in [-0.2, -0.15) is 10.2 Å². The SMILES string of the molecule is Oc1ccc2c(c1)c(C=Cc1cnn(CCOC3CCCCO3)c1)nn2C1CCCCO1. The summed E-state index contributed by atoms with van der Waals surface area (Å²) < 4.78 is 21.2. The van der Waals surface area contributed by atoms with Gasteiger partial charge in [-0.3, -0.25) is 4.68 Å². The molecule has 1 N–H and O–H groups in total. The van der Waals surface area contributed by atoms with Crippen LogP contribution in [0.5, 0.6) is 5.75 Å². The van der Waals surface area contributed by atoms with Crippen molar-refractivity contribution in [2.24, 2.45) is 0 Å². The number of fused-ring (bicyclic) bond motifs is 1. The summed E-state index contributed by atoms with van der Waals surface area (Å²) in [5.74, 6) is 0.228. The monoisotopic (exact) mass is 438 g/mol. The maximum atomic E-state index is 10.0. The minimum atomic E-state index is -0.0772. The first-order valence-electron chi connectivity index (χ1n) is 11.5. The second kappa shape index (κ2) is 9.85. The topological polar surface area (TPSA) is 83.6 Å². The van der Waals surface area contributed by atoms with Crippen molar-refractivity contribution in [1.29, 1.82) is 0 Å². The minimum Gasteiger partial charge on any atom is -0.508 e. The first-order chi connectivity index (χ1) is 15.8. The lowest BCUT2D eigenvalue weighted by Crippen LogP contribution is -2.24. The Morgan fingerprint density at radius 2 is 1.97 bits per heavy atom. The van der Waals surface area contributed by atoms with Crippen molar-refractivity contribution < 1.29 is 19.3 Å². The Morgan fingerprint density at radius 1 is 1.09 bits per heavy atom. The Bertz CT molecular complexity index is 1060. The molecule has 170 valence electrons. The average molecular weight is 439 g/mol. The second-order valence-electron chi connectivity index (χ2n) is 8.39. The van der Waals surface area contributed by atoms with E-state index in [0.717, 1.165) is 73.9 Å². The lowest BCUT2D eigenvalue weighted by Gasteiger charge is -2.23. The molecule has 0 spiro atoms. The summed E-state index contributed by atoms with van der Waals surface area (Å²) in [5, 5.41) is 20.2. The minimum absolute atomic E-state index is 0.0613. The summed E-state index contributed by atoms with van der Waals surface area (Å²) in [5.41, 5.74) is 2.75. The third kappa shape index (κ3) is 4.87. The molecule has 1 aromatic carbocycles. The Morgan fingerprint density at radius 3 is 2.78 bits per heavy atom. The van der Waals surface area contributed by atoms with E-state index >= 15 is 0 Å². The van der Waals surface area contributed by atoms with Gasteiger partial charge >= 0.3 is 0 Å². The molecule has 0 bridgehead atoms. The summed E-state index contributed by atoms with van der Waals surface area (Å²) in [7, 11) is 0. The molecule has 32 heavy (non-hydrogen) atoms. The summed E-state index contributed by atoms with van der Waals surface area (Å²) in [6, 6.07) is 5.36. The molecule has 8 heteroatoms. The number of hydrogen-bond donors (Lipinski definition) is 1. The standard InChI is InChI=1S/C24H30N4O4/c29-19-8-10-22-20(15-19)21(26-28(22)23-5-1-3-12-30-23)9-7-18-16-25-27(17-18)11-14-32-24-6-2-4-13-31-24/h7-10,15-17,23-24,29H,1-6,11-14H2. The fraction of sp³-hybridized carbons (Fsp3) is 0.500. The maximum Gasteiger partial charge on any atom is 0.157 e. The number of aromatic nitrogens is 4. The number of nitrogens with zero attached hydrogens (tertiary/aromatic N) is 4. The van der Waals surface area contributed by atoms with E-state index in [1.807, 2.05) is 40.0 Å². The van der Waals surface area contributed by atoms with Crippen molar-refractivity contribution in [3.05, 3.63) is 41.9 Å². The number of aromatic hydroxyl groups is 1. The molecule has 0 saturated carbocycles. The third-order valence-electron chi connectivity index (χ3n) is 6.00. The molecule has 2 saturated heterocycles. The Kier molecular flexibility index (Phi) is 6.52. The van der Waals surface area contributed by atoms with Gasteiger partial charge in [0, 0.05) is 30.4 Å². The highest BCUT2D eigenvalue weighted by atomic mass is 16.7. The molecule has 0 amide bonds. The van der Waals surface area contributed by atoms with Gasteiger partial charge in [0.05, 0.1) is 30.6 Å². The number of benzene rings is 1. The van der Waals surface area contributed by atoms with Crippen LogP contribution in [0.1, 0.15) is 56.0 Å². The van der Waals surface area contributed by atoms with Gasteiger partial charge in [0.25, 0.3) is 0 Å². The molecular weight excluding hydrogens is 408 g/mol. The maximum absolute atomic E-state index is 10.0. The van der Waals surface area contributed by atoms with Crippen LogP contribution in [0.3, 0.4) is 0 Å². The molecule has 2 aliphatic heterocycles. The van der Waals surface area contributed by atoms with Gasteiger partial charge in [-0.15, -0.1) is 0 Å². The molecular formula is C24H30N4O4. The number of hydrogen-bond acceptors (Lipinski definition) is 6. The van der Waals surface area contributed by atoms with Gasteiger partial charge in [-0.05, 0) is 68.9 Å². The van der Waals surface area contributed by atoms with Crippen molar-refractivity contribution in [3.63, 3.8) is 0 Å². The van der Waals surface area contributed by atoms with Gasteiger partial charge in [0.1, 0.15) is 5.75 Å². The predicted molar refractivity (Wildman–Crippen MR) is 121 cm³/mol. The number of ether oxygens (including phenoxy) is 3. The van der Waals surface area contributed by atoms with Crippen molar-refractivity contribution in [2.45, 2.75) is 57.6 Å². The highest BCUT2D eigenvalue weighted by Crippen LogP contribution is 2.30. The van der Waals surface area contributed by atoms with E-state index in [9.17, 15) is 5.11 Å². The molecule has 0 aliphatic carbocycles. The second-order valence-corrected chi connectivity index (χ2v) is 8.39. The molecule has 2 atom stereocenters. The highest BCUT2D eigenvalue weighted by molar-refractivity contribution is 5.90. The Labute approximate surface area is 187 Å². The molecule has 2 fully saturated rings. The molecule has 0 radical (unpaired) electrons. The van der Waals surface area contributed by atoms with E-state index in [-0.39, 0.29) is 18.3 Å². The first kappa shape index (κ1) is 21.2. The van der Waals surface area contributed by atoms with Gasteiger partial charge < -0.3 is 19.3 Å². The molecule has 2 aliphatic rings. The van der Waals surface area contributed by atoms with Gasteiger partial charge in [-0.1, -0.05) is 0 Å². The van der Waals surface area contributed by atoms with Crippen LogP contribution in [0.15, 0.2) is 30.6 Å². The molecule has 5 rings (SSSR count). The van der Waals surface area contributed by atoms with Crippen LogP contribution in [-0.4, -0.2) is 50.8 Å². The van der Waals surface area contributed by atoms with Crippen LogP contribution in [0.2, 0.25) is 0 Å². The van der Waals surface area contributed by atoms with Crippen LogP contribution in [0, 0.1) is 0 Å². The lowest BCUT2D eigenvalue weighted by molar-refractivity contribution is -0.163. The molecule has 4 heterocycles.